The van der Waals surface area contributed by atoms with Crippen LogP contribution in [0, 0.1) is 5.41 Å². The van der Waals surface area contributed by atoms with Crippen molar-refractivity contribution in [2.45, 2.75) is 31.6 Å². The van der Waals surface area contributed by atoms with Gasteiger partial charge in [0.25, 0.3) is 0 Å². The van der Waals surface area contributed by atoms with Crippen molar-refractivity contribution in [3.05, 3.63) is 63.6 Å². The first-order valence-electron chi connectivity index (χ1n) is 10.7. The van der Waals surface area contributed by atoms with E-state index in [1.54, 1.807) is 25.1 Å². The highest BCUT2D eigenvalue weighted by Crippen LogP contribution is 2.34. The molecule has 0 fully saturated rings. The summed E-state index contributed by atoms with van der Waals surface area (Å²) in [5.41, 5.74) is 2.43. The lowest BCUT2D eigenvalue weighted by molar-refractivity contribution is -0.135. The van der Waals surface area contributed by atoms with Crippen molar-refractivity contribution in [3.8, 4) is 10.6 Å². The van der Waals surface area contributed by atoms with Gasteiger partial charge in [0.1, 0.15) is 5.01 Å². The van der Waals surface area contributed by atoms with E-state index in [1.165, 1.54) is 17.4 Å². The number of sulfone groups is 1. The van der Waals surface area contributed by atoms with Gasteiger partial charge in [-0.1, -0.05) is 55.5 Å². The zero-order chi connectivity index (χ0) is 25.8. The molecule has 0 spiro atoms. The third-order valence-electron chi connectivity index (χ3n) is 4.91. The lowest BCUT2D eigenvalue weighted by Crippen LogP contribution is -2.19. The first-order chi connectivity index (χ1) is 16.5. The fourth-order valence-corrected chi connectivity index (χ4v) is 5.26. The summed E-state index contributed by atoms with van der Waals surface area (Å²) in [5, 5.41) is 21.1. The Hall–Kier alpha value is -2.89. The van der Waals surface area contributed by atoms with E-state index in [-0.39, 0.29) is 27.6 Å². The van der Waals surface area contributed by atoms with Crippen LogP contribution in [0.1, 0.15) is 37.3 Å². The molecule has 0 bridgehead atoms. The summed E-state index contributed by atoms with van der Waals surface area (Å²) in [7, 11) is -3.39. The molecule has 35 heavy (non-hydrogen) atoms. The minimum Gasteiger partial charge on any atom is -0.461 e. The standard InChI is InChI=1S/C24H25BrN4O4S2/c1-5-33-24(30)20(26)19(25)21(27-18-12-7-6-11-17(18)14(2)3)23-29-28-22(34-23)15-9-8-10-16(13-15)35(4,31)32/h6-14,26-27H,5H2,1-4H3/b21-19+,26-20?. The molecule has 0 unspecified atom stereocenters. The summed E-state index contributed by atoms with van der Waals surface area (Å²) in [6, 6.07) is 14.2. The van der Waals surface area contributed by atoms with Gasteiger partial charge in [-0.25, -0.2) is 13.2 Å². The Morgan fingerprint density at radius 3 is 2.54 bits per heavy atom. The minimum atomic E-state index is -3.39. The van der Waals surface area contributed by atoms with Gasteiger partial charge in [-0.3, -0.25) is 5.41 Å². The van der Waals surface area contributed by atoms with E-state index in [1.807, 2.05) is 24.3 Å². The highest BCUT2D eigenvalue weighted by atomic mass is 79.9. The third-order valence-corrected chi connectivity index (χ3v) is 7.80. The van der Waals surface area contributed by atoms with Crippen molar-refractivity contribution >= 4 is 60.2 Å². The Labute approximate surface area is 217 Å². The Morgan fingerprint density at radius 1 is 1.17 bits per heavy atom. The smallest absolute Gasteiger partial charge is 0.357 e. The summed E-state index contributed by atoms with van der Waals surface area (Å²) in [6.07, 6.45) is 1.15. The first kappa shape index (κ1) is 26.7. The second-order valence-electron chi connectivity index (χ2n) is 7.86. The number of benzene rings is 2. The molecular formula is C24H25BrN4O4S2. The predicted octanol–water partition coefficient (Wildman–Crippen LogP) is 5.49. The molecule has 8 nitrogen and oxygen atoms in total. The maximum Gasteiger partial charge on any atom is 0.357 e. The van der Waals surface area contributed by atoms with Crippen molar-refractivity contribution in [2.75, 3.05) is 18.2 Å². The first-order valence-corrected chi connectivity index (χ1v) is 14.2. The molecule has 2 aromatic carbocycles. The molecule has 0 aliphatic carbocycles. The molecular weight excluding hydrogens is 552 g/mol. The molecule has 0 saturated carbocycles. The maximum atomic E-state index is 12.3. The van der Waals surface area contributed by atoms with Crippen molar-refractivity contribution in [3.63, 3.8) is 0 Å². The molecule has 184 valence electrons. The summed E-state index contributed by atoms with van der Waals surface area (Å²) in [6.45, 7) is 5.94. The Morgan fingerprint density at radius 2 is 1.89 bits per heavy atom. The van der Waals surface area contributed by atoms with Crippen LogP contribution in [0.15, 0.2) is 57.9 Å². The second-order valence-corrected chi connectivity index (χ2v) is 11.7. The monoisotopic (exact) mass is 576 g/mol. The van der Waals surface area contributed by atoms with Crippen molar-refractivity contribution in [1.82, 2.24) is 10.2 Å². The number of ether oxygens (including phenoxy) is 1. The number of carbonyl (C=O) groups is 1. The Bertz CT molecular complexity index is 1400. The largest absolute Gasteiger partial charge is 0.461 e. The third kappa shape index (κ3) is 6.41. The van der Waals surface area contributed by atoms with Crippen LogP contribution in [0.4, 0.5) is 5.69 Å². The summed E-state index contributed by atoms with van der Waals surface area (Å²) in [5.74, 6) is -0.562. The van der Waals surface area contributed by atoms with Gasteiger partial charge in [-0.2, -0.15) is 0 Å². The van der Waals surface area contributed by atoms with Crippen LogP contribution >= 0.6 is 27.3 Å². The molecule has 1 aromatic heterocycles. The average molecular weight is 578 g/mol. The highest BCUT2D eigenvalue weighted by Gasteiger charge is 2.23. The zero-order valence-corrected chi connectivity index (χ0v) is 22.8. The number of para-hydroxylation sites is 1. The number of rotatable bonds is 9. The number of hydrogen-bond acceptors (Lipinski definition) is 9. The van der Waals surface area contributed by atoms with E-state index in [0.29, 0.717) is 21.3 Å². The normalized spacial score (nSPS) is 12.3. The maximum absolute atomic E-state index is 12.3. The van der Waals surface area contributed by atoms with Crippen molar-refractivity contribution in [1.29, 1.82) is 5.41 Å². The van der Waals surface area contributed by atoms with Crippen LogP contribution in [0.3, 0.4) is 0 Å². The molecule has 3 aromatic rings. The molecule has 2 N–H and O–H groups in total. The number of hydrogen-bond donors (Lipinski definition) is 2. The van der Waals surface area contributed by atoms with Gasteiger partial charge in [0.2, 0.25) is 0 Å². The molecule has 0 atom stereocenters. The molecule has 3 rings (SSSR count). The SMILES string of the molecule is CCOC(=O)C(=N)/C(Br)=C(\Nc1ccccc1C(C)C)c1nnc(-c2cccc(S(C)(=O)=O)c2)s1. The van der Waals surface area contributed by atoms with Gasteiger partial charge in [0.15, 0.2) is 20.6 Å². The number of halogens is 1. The molecule has 0 aliphatic rings. The lowest BCUT2D eigenvalue weighted by atomic mass is 10.0. The lowest BCUT2D eigenvalue weighted by Gasteiger charge is -2.17. The summed E-state index contributed by atoms with van der Waals surface area (Å²) >= 11 is 4.59. The van der Waals surface area contributed by atoms with E-state index in [4.69, 9.17) is 10.1 Å². The summed E-state index contributed by atoms with van der Waals surface area (Å²) in [4.78, 5) is 12.5. The van der Waals surface area contributed by atoms with Gasteiger partial charge >= 0.3 is 5.97 Å². The van der Waals surface area contributed by atoms with Gasteiger partial charge < -0.3 is 10.1 Å². The van der Waals surface area contributed by atoms with E-state index < -0.39 is 15.8 Å². The fraction of sp³-hybridized carbons (Fsp3) is 0.250. The van der Waals surface area contributed by atoms with Crippen LogP contribution in [0.2, 0.25) is 0 Å². The topological polar surface area (TPSA) is 122 Å². The van der Waals surface area contributed by atoms with Crippen LogP contribution in [-0.2, 0) is 19.4 Å². The average Bonchev–Trinajstić information content (AvgIpc) is 3.31. The van der Waals surface area contributed by atoms with Crippen LogP contribution < -0.4 is 5.32 Å². The van der Waals surface area contributed by atoms with Gasteiger partial charge in [-0.15, -0.1) is 10.2 Å². The molecule has 1 heterocycles. The Balaban J connectivity index is 2.11. The number of carbonyl (C=O) groups excluding carboxylic acids is 1. The van der Waals surface area contributed by atoms with Crippen LogP contribution in [0.25, 0.3) is 16.3 Å². The van der Waals surface area contributed by atoms with Crippen LogP contribution in [0.5, 0.6) is 0 Å². The Kier molecular flexibility index (Phi) is 8.57. The van der Waals surface area contributed by atoms with E-state index in [2.05, 4.69) is 45.3 Å². The predicted molar refractivity (Wildman–Crippen MR) is 143 cm³/mol. The molecule has 0 aliphatic heterocycles. The van der Waals surface area contributed by atoms with Crippen LogP contribution in [-0.4, -0.2) is 43.2 Å². The van der Waals surface area contributed by atoms with E-state index >= 15 is 0 Å². The number of aromatic nitrogens is 2. The number of esters is 1. The van der Waals surface area contributed by atoms with E-state index in [9.17, 15) is 13.2 Å². The minimum absolute atomic E-state index is 0.139. The number of nitrogens with one attached hydrogen (secondary N) is 2. The molecule has 0 radical (unpaired) electrons. The van der Waals surface area contributed by atoms with Gasteiger partial charge in [0, 0.05) is 17.5 Å². The van der Waals surface area contributed by atoms with Crippen molar-refractivity contribution in [2.24, 2.45) is 0 Å². The summed E-state index contributed by atoms with van der Waals surface area (Å²) < 4.78 is 29.1. The second kappa shape index (κ2) is 11.2. The molecule has 11 heteroatoms. The van der Waals surface area contributed by atoms with Gasteiger partial charge in [0.05, 0.1) is 21.7 Å². The van der Waals surface area contributed by atoms with E-state index in [0.717, 1.165) is 17.5 Å². The van der Waals surface area contributed by atoms with Crippen molar-refractivity contribution < 1.29 is 17.9 Å². The molecule has 0 saturated heterocycles. The fourth-order valence-electron chi connectivity index (χ4n) is 3.17. The quantitative estimate of drug-likeness (QED) is 0.255. The molecule has 0 amide bonds. The number of anilines is 1. The zero-order valence-electron chi connectivity index (χ0n) is 19.6. The highest BCUT2D eigenvalue weighted by molar-refractivity contribution is 9.12. The van der Waals surface area contributed by atoms with Gasteiger partial charge in [-0.05, 0) is 52.5 Å². The number of nitrogens with zero attached hydrogens (tertiary/aromatic N) is 2.